The van der Waals surface area contributed by atoms with Gasteiger partial charge in [0.05, 0.1) is 0 Å². The molecule has 1 rings (SSSR count). The third-order valence-electron chi connectivity index (χ3n) is 2.03. The van der Waals surface area contributed by atoms with Crippen molar-refractivity contribution in [2.45, 2.75) is 0 Å². The van der Waals surface area contributed by atoms with Crippen LogP contribution in [0.15, 0.2) is 24.5 Å². The van der Waals surface area contributed by atoms with Crippen LogP contribution in [-0.4, -0.2) is 24.8 Å². The molecule has 2 nitrogen and oxygen atoms in total. The van der Waals surface area contributed by atoms with Gasteiger partial charge in [-0.15, -0.1) is 23.2 Å². The van der Waals surface area contributed by atoms with E-state index in [2.05, 4.69) is 17.0 Å². The molecule has 0 spiro atoms. The van der Waals surface area contributed by atoms with Gasteiger partial charge in [-0.1, -0.05) is 0 Å². The first-order chi connectivity index (χ1) is 6.77. The fourth-order valence-electron chi connectivity index (χ4n) is 1.28. The highest BCUT2D eigenvalue weighted by atomic mass is 35.5. The van der Waals surface area contributed by atoms with Crippen LogP contribution in [0.25, 0.3) is 0 Å². The predicted octanol–water partition coefficient (Wildman–Crippen LogP) is 1.80. The van der Waals surface area contributed by atoms with Crippen LogP contribution in [0.4, 0.5) is 5.69 Å². The highest BCUT2D eigenvalue weighted by molar-refractivity contribution is 6.18. The highest BCUT2D eigenvalue weighted by Crippen LogP contribution is 2.11. The number of alkyl halides is 2. The van der Waals surface area contributed by atoms with E-state index in [0.29, 0.717) is 11.8 Å². The maximum Gasteiger partial charge on any atom is 0.170 e. The summed E-state index contributed by atoms with van der Waals surface area (Å²) in [5, 5.41) is 0. The van der Waals surface area contributed by atoms with E-state index in [1.54, 1.807) is 0 Å². The first kappa shape index (κ1) is 11.6. The van der Waals surface area contributed by atoms with Crippen molar-refractivity contribution in [2.75, 3.05) is 29.7 Å². The number of aryl methyl sites for hydroxylation is 1. The predicted molar refractivity (Wildman–Crippen MR) is 61.3 cm³/mol. The first-order valence-corrected chi connectivity index (χ1v) is 5.67. The van der Waals surface area contributed by atoms with Gasteiger partial charge in [-0.2, -0.15) is 0 Å². The zero-order chi connectivity index (χ0) is 10.4. The lowest BCUT2D eigenvalue weighted by atomic mass is 10.3. The molecule has 1 aromatic rings. The number of hydrogen-bond donors (Lipinski definition) is 0. The number of anilines is 1. The van der Waals surface area contributed by atoms with E-state index in [4.69, 9.17) is 23.2 Å². The first-order valence-electron chi connectivity index (χ1n) is 4.60. The van der Waals surface area contributed by atoms with Gasteiger partial charge in [-0.05, 0) is 0 Å². The number of nitrogens with zero attached hydrogens (tertiary/aromatic N) is 2. The van der Waals surface area contributed by atoms with Crippen LogP contribution < -0.4 is 9.47 Å². The molecule has 0 radical (unpaired) electrons. The van der Waals surface area contributed by atoms with Gasteiger partial charge in [0.15, 0.2) is 12.4 Å². The largest absolute Gasteiger partial charge is 0.369 e. The van der Waals surface area contributed by atoms with Crippen molar-refractivity contribution in [1.29, 1.82) is 0 Å². The van der Waals surface area contributed by atoms with Gasteiger partial charge in [-0.3, -0.25) is 0 Å². The lowest BCUT2D eigenvalue weighted by Crippen LogP contribution is -2.30. The van der Waals surface area contributed by atoms with Crippen LogP contribution in [0.5, 0.6) is 0 Å². The molecule has 4 heteroatoms. The van der Waals surface area contributed by atoms with Crippen LogP contribution in [0.2, 0.25) is 0 Å². The summed E-state index contributed by atoms with van der Waals surface area (Å²) in [6, 6.07) is 4.14. The highest BCUT2D eigenvalue weighted by Gasteiger charge is 2.05. The summed E-state index contributed by atoms with van der Waals surface area (Å²) in [6.45, 7) is 1.67. The molecule has 0 aliphatic carbocycles. The van der Waals surface area contributed by atoms with Crippen molar-refractivity contribution in [3.05, 3.63) is 24.5 Å². The minimum atomic E-state index is 0.623. The Hall–Kier alpha value is -0.470. The summed E-state index contributed by atoms with van der Waals surface area (Å²) in [4.78, 5) is 2.18. The Balaban J connectivity index is 2.71. The van der Waals surface area contributed by atoms with Crippen molar-refractivity contribution in [1.82, 2.24) is 0 Å². The molecule has 0 saturated heterocycles. The molecule has 0 bridgehead atoms. The zero-order valence-corrected chi connectivity index (χ0v) is 9.80. The maximum atomic E-state index is 5.72. The summed E-state index contributed by atoms with van der Waals surface area (Å²) < 4.78 is 2.00. The Morgan fingerprint density at radius 2 is 1.64 bits per heavy atom. The van der Waals surface area contributed by atoms with Crippen molar-refractivity contribution >= 4 is 28.9 Å². The van der Waals surface area contributed by atoms with Gasteiger partial charge in [0.1, 0.15) is 7.05 Å². The quantitative estimate of drug-likeness (QED) is 0.556. The van der Waals surface area contributed by atoms with E-state index in [0.717, 1.165) is 13.1 Å². The Bertz CT molecular complexity index is 255. The SMILES string of the molecule is C[n+]1ccc(N(CCCl)CCCl)cc1. The Morgan fingerprint density at radius 3 is 2.07 bits per heavy atom. The lowest BCUT2D eigenvalue weighted by Gasteiger charge is -2.21. The molecule has 0 amide bonds. The molecule has 0 fully saturated rings. The molecule has 1 aromatic heterocycles. The normalized spacial score (nSPS) is 10.2. The Kier molecular flexibility index (Phi) is 5.05. The van der Waals surface area contributed by atoms with Gasteiger partial charge in [0.25, 0.3) is 0 Å². The monoisotopic (exact) mass is 233 g/mol. The Labute approximate surface area is 95.1 Å². The van der Waals surface area contributed by atoms with E-state index in [1.165, 1.54) is 5.69 Å². The summed E-state index contributed by atoms with van der Waals surface area (Å²) >= 11 is 11.4. The van der Waals surface area contributed by atoms with Crippen LogP contribution in [-0.2, 0) is 7.05 Å². The average Bonchev–Trinajstić information content (AvgIpc) is 2.19. The summed E-state index contributed by atoms with van der Waals surface area (Å²) in [6.07, 6.45) is 4.04. The zero-order valence-electron chi connectivity index (χ0n) is 8.29. The maximum absolute atomic E-state index is 5.72. The van der Waals surface area contributed by atoms with Gasteiger partial charge in [0.2, 0.25) is 0 Å². The molecule has 1 heterocycles. The third kappa shape index (κ3) is 3.35. The molecular weight excluding hydrogens is 219 g/mol. The second kappa shape index (κ2) is 6.10. The standard InChI is InChI=1S/C10H15Cl2N2/c1-13-6-2-10(3-7-13)14(8-4-11)9-5-12/h2-3,6-7H,4-5,8-9H2,1H3/q+1. The van der Waals surface area contributed by atoms with Crippen LogP contribution in [0.3, 0.4) is 0 Å². The minimum absolute atomic E-state index is 0.623. The van der Waals surface area contributed by atoms with E-state index in [1.807, 2.05) is 24.0 Å². The second-order valence-corrected chi connectivity index (χ2v) is 3.84. The van der Waals surface area contributed by atoms with Crippen LogP contribution >= 0.6 is 23.2 Å². The fraction of sp³-hybridized carbons (Fsp3) is 0.500. The lowest BCUT2D eigenvalue weighted by molar-refractivity contribution is -0.671. The molecule has 78 valence electrons. The van der Waals surface area contributed by atoms with Crippen molar-refractivity contribution in [3.63, 3.8) is 0 Å². The fourth-order valence-corrected chi connectivity index (χ4v) is 1.69. The molecule has 0 atom stereocenters. The molecule has 0 aliphatic heterocycles. The van der Waals surface area contributed by atoms with E-state index < -0.39 is 0 Å². The van der Waals surface area contributed by atoms with E-state index in [-0.39, 0.29) is 0 Å². The molecule has 14 heavy (non-hydrogen) atoms. The van der Waals surface area contributed by atoms with Gasteiger partial charge in [0, 0.05) is 42.7 Å². The number of hydrogen-bond acceptors (Lipinski definition) is 1. The van der Waals surface area contributed by atoms with Gasteiger partial charge < -0.3 is 4.90 Å². The molecule has 0 saturated carbocycles. The summed E-state index contributed by atoms with van der Waals surface area (Å²) in [5.74, 6) is 1.25. The number of pyridine rings is 1. The number of halogens is 2. The average molecular weight is 234 g/mol. The van der Waals surface area contributed by atoms with Crippen LogP contribution in [0.1, 0.15) is 0 Å². The number of aromatic nitrogens is 1. The van der Waals surface area contributed by atoms with Crippen molar-refractivity contribution in [2.24, 2.45) is 7.05 Å². The van der Waals surface area contributed by atoms with E-state index in [9.17, 15) is 0 Å². The molecule has 0 N–H and O–H groups in total. The summed E-state index contributed by atoms with van der Waals surface area (Å²) in [7, 11) is 2.00. The molecule has 0 unspecified atom stereocenters. The second-order valence-electron chi connectivity index (χ2n) is 3.09. The van der Waals surface area contributed by atoms with Gasteiger partial charge in [-0.25, -0.2) is 4.57 Å². The molecular formula is C10H15Cl2N2+. The minimum Gasteiger partial charge on any atom is -0.369 e. The van der Waals surface area contributed by atoms with Gasteiger partial charge >= 0.3 is 0 Å². The van der Waals surface area contributed by atoms with E-state index >= 15 is 0 Å². The Morgan fingerprint density at radius 1 is 1.14 bits per heavy atom. The number of rotatable bonds is 5. The third-order valence-corrected chi connectivity index (χ3v) is 2.37. The molecule has 0 aromatic carbocycles. The molecule has 0 aliphatic rings. The topological polar surface area (TPSA) is 7.12 Å². The van der Waals surface area contributed by atoms with Crippen LogP contribution in [0, 0.1) is 0 Å². The van der Waals surface area contributed by atoms with Crippen molar-refractivity contribution in [3.8, 4) is 0 Å². The van der Waals surface area contributed by atoms with Crippen molar-refractivity contribution < 1.29 is 4.57 Å². The smallest absolute Gasteiger partial charge is 0.170 e. The summed E-state index contributed by atoms with van der Waals surface area (Å²) in [5.41, 5.74) is 1.17.